The minimum Gasteiger partial charge on any atom is -0.489 e. The highest BCUT2D eigenvalue weighted by atomic mass is 31.1. The molecule has 0 radical (unpaired) electrons. The first-order valence-electron chi connectivity index (χ1n) is 6.77. The lowest BCUT2D eigenvalue weighted by molar-refractivity contribution is 0.306. The Balaban J connectivity index is 1.91. The summed E-state index contributed by atoms with van der Waals surface area (Å²) < 4.78 is 16.6. The molecular weight excluding hydrogens is 285 g/mol. The molecule has 0 aliphatic heterocycles. The molecule has 2 aromatic rings. The smallest absolute Gasteiger partial charge is 0.489 e. The molecule has 0 saturated heterocycles. The van der Waals surface area contributed by atoms with E-state index >= 15 is 0 Å². The number of hydrogen-bond donors (Lipinski definition) is 2. The Labute approximate surface area is 125 Å². The molecule has 0 amide bonds. The number of hydrogen-bond acceptors (Lipinski definition) is 3. The molecule has 5 heteroatoms. The fourth-order valence-electron chi connectivity index (χ4n) is 1.98. The van der Waals surface area contributed by atoms with E-state index < -0.39 is 8.03 Å². The highest BCUT2D eigenvalue weighted by Gasteiger charge is 2.14. The summed E-state index contributed by atoms with van der Waals surface area (Å²) in [4.78, 5) is 8.98. The highest BCUT2D eigenvalue weighted by Crippen LogP contribution is 2.16. The van der Waals surface area contributed by atoms with Gasteiger partial charge in [-0.2, -0.15) is 4.89 Å². The molecule has 0 heterocycles. The predicted molar refractivity (Wildman–Crippen MR) is 84.0 cm³/mol. The van der Waals surface area contributed by atoms with Gasteiger partial charge in [0.05, 0.1) is 0 Å². The van der Waals surface area contributed by atoms with Crippen LogP contribution in [-0.4, -0.2) is 10.9 Å². The lowest BCUT2D eigenvalue weighted by Gasteiger charge is -2.08. The van der Waals surface area contributed by atoms with Crippen molar-refractivity contribution >= 4 is 13.3 Å². The lowest BCUT2D eigenvalue weighted by atomic mass is 10.1. The summed E-state index contributed by atoms with van der Waals surface area (Å²) in [6.07, 6.45) is 0.848. The van der Waals surface area contributed by atoms with Crippen LogP contribution in [0.3, 0.4) is 0 Å². The van der Waals surface area contributed by atoms with Crippen LogP contribution >= 0.6 is 8.03 Å². The molecule has 110 valence electrons. The molecule has 0 aromatic heterocycles. The maximum absolute atomic E-state index is 10.9. The van der Waals surface area contributed by atoms with Gasteiger partial charge in [0.2, 0.25) is 5.30 Å². The molecule has 2 aromatic carbocycles. The maximum Gasteiger partial charge on any atom is 0.546 e. The Hall–Kier alpha value is -1.74. The molecule has 0 bridgehead atoms. The first-order valence-corrected chi connectivity index (χ1v) is 7.98. The van der Waals surface area contributed by atoms with Crippen molar-refractivity contribution in [2.45, 2.75) is 26.0 Å². The summed E-state index contributed by atoms with van der Waals surface area (Å²) in [7, 11) is -2.27. The van der Waals surface area contributed by atoms with Crippen molar-refractivity contribution in [2.75, 3.05) is 0 Å². The van der Waals surface area contributed by atoms with Gasteiger partial charge in [0.15, 0.2) is 0 Å². The normalized spacial score (nSPS) is 12.8. The number of nitrogens with two attached hydrogens (primary N) is 1. The number of benzene rings is 2. The number of ether oxygens (including phenoxy) is 1. The maximum atomic E-state index is 10.9. The van der Waals surface area contributed by atoms with Crippen molar-refractivity contribution in [3.8, 4) is 5.75 Å². The summed E-state index contributed by atoms with van der Waals surface area (Å²) >= 11 is 0. The third-order valence-corrected chi connectivity index (χ3v) is 3.78. The van der Waals surface area contributed by atoms with E-state index in [1.165, 1.54) is 5.56 Å². The SMILES string of the molecule is CC(N)Cc1ccc(OCc2ccc([P+](=O)O)cc2)cc1. The minimum absolute atomic E-state index is 0.147. The average Bonchev–Trinajstić information content (AvgIpc) is 2.46. The molecule has 0 saturated carbocycles. The van der Waals surface area contributed by atoms with E-state index in [9.17, 15) is 4.57 Å². The molecule has 0 fully saturated rings. The minimum atomic E-state index is -2.27. The zero-order valence-electron chi connectivity index (χ0n) is 11.9. The van der Waals surface area contributed by atoms with Crippen LogP contribution in [0.25, 0.3) is 0 Å². The van der Waals surface area contributed by atoms with Gasteiger partial charge in [-0.1, -0.05) is 24.3 Å². The zero-order chi connectivity index (χ0) is 15.2. The van der Waals surface area contributed by atoms with Gasteiger partial charge < -0.3 is 10.5 Å². The molecule has 2 unspecified atom stereocenters. The van der Waals surface area contributed by atoms with Crippen LogP contribution < -0.4 is 15.8 Å². The number of rotatable bonds is 6. The summed E-state index contributed by atoms with van der Waals surface area (Å²) in [5.41, 5.74) is 7.90. The highest BCUT2D eigenvalue weighted by molar-refractivity contribution is 7.47. The largest absolute Gasteiger partial charge is 0.546 e. The van der Waals surface area contributed by atoms with E-state index in [1.54, 1.807) is 24.3 Å². The molecule has 2 atom stereocenters. The van der Waals surface area contributed by atoms with E-state index in [2.05, 4.69) is 0 Å². The first-order chi connectivity index (χ1) is 10.0. The fraction of sp³-hybridized carbons (Fsp3) is 0.250. The van der Waals surface area contributed by atoms with Gasteiger partial charge in [-0.05, 0) is 53.3 Å². The molecule has 0 aliphatic rings. The van der Waals surface area contributed by atoms with Crippen molar-refractivity contribution < 1.29 is 14.2 Å². The molecule has 21 heavy (non-hydrogen) atoms. The predicted octanol–water partition coefficient (Wildman–Crippen LogP) is 2.52. The summed E-state index contributed by atoms with van der Waals surface area (Å²) in [5, 5.41) is 0.425. The van der Waals surface area contributed by atoms with Crippen molar-refractivity contribution in [1.82, 2.24) is 0 Å². The van der Waals surface area contributed by atoms with E-state index in [0.29, 0.717) is 11.9 Å². The van der Waals surface area contributed by atoms with Gasteiger partial charge in [0.1, 0.15) is 12.4 Å². The Morgan fingerprint density at radius 2 is 1.67 bits per heavy atom. The first kappa shape index (κ1) is 15.6. The van der Waals surface area contributed by atoms with Gasteiger partial charge >= 0.3 is 8.03 Å². The second kappa shape index (κ2) is 7.32. The van der Waals surface area contributed by atoms with Crippen LogP contribution in [0.2, 0.25) is 0 Å². The molecule has 3 N–H and O–H groups in total. The quantitative estimate of drug-likeness (QED) is 0.804. The van der Waals surface area contributed by atoms with Crippen LogP contribution in [0.1, 0.15) is 18.1 Å². The summed E-state index contributed by atoms with van der Waals surface area (Å²) in [6, 6.07) is 14.9. The Morgan fingerprint density at radius 3 is 2.19 bits per heavy atom. The van der Waals surface area contributed by atoms with Gasteiger partial charge in [0, 0.05) is 6.04 Å². The molecule has 4 nitrogen and oxygen atoms in total. The summed E-state index contributed by atoms with van der Waals surface area (Å²) in [5.74, 6) is 0.792. The third kappa shape index (κ3) is 4.94. The van der Waals surface area contributed by atoms with Crippen molar-refractivity contribution in [3.05, 3.63) is 59.7 Å². The van der Waals surface area contributed by atoms with E-state index in [-0.39, 0.29) is 6.04 Å². The molecule has 2 rings (SSSR count). The van der Waals surface area contributed by atoms with E-state index in [4.69, 9.17) is 15.4 Å². The van der Waals surface area contributed by atoms with Gasteiger partial charge in [-0.3, -0.25) is 0 Å². The second-order valence-electron chi connectivity index (χ2n) is 5.05. The van der Waals surface area contributed by atoms with E-state index in [1.807, 2.05) is 31.2 Å². The van der Waals surface area contributed by atoms with Gasteiger partial charge in [0.25, 0.3) is 0 Å². The molecule has 0 aliphatic carbocycles. The Kier molecular flexibility index (Phi) is 5.45. The Bertz CT molecular complexity index is 594. The third-order valence-electron chi connectivity index (χ3n) is 3.04. The summed E-state index contributed by atoms with van der Waals surface area (Å²) in [6.45, 7) is 2.41. The van der Waals surface area contributed by atoms with Crippen molar-refractivity contribution in [2.24, 2.45) is 5.73 Å². The molecular formula is C16H19NO3P+. The standard InChI is InChI=1S/C16H18NO3P/c1-12(17)10-13-2-6-15(7-3-13)20-11-14-4-8-16(9-5-14)21(18)19/h2-9,12H,10-11,17H2,1H3/p+1. The fourth-order valence-corrected chi connectivity index (χ4v) is 2.38. The van der Waals surface area contributed by atoms with Gasteiger partial charge in [-0.15, -0.1) is 0 Å². The average molecular weight is 304 g/mol. The Morgan fingerprint density at radius 1 is 1.10 bits per heavy atom. The van der Waals surface area contributed by atoms with Crippen molar-refractivity contribution in [1.29, 1.82) is 0 Å². The van der Waals surface area contributed by atoms with Crippen LogP contribution in [0, 0.1) is 0 Å². The molecule has 0 spiro atoms. The monoisotopic (exact) mass is 304 g/mol. The van der Waals surface area contributed by atoms with Crippen LogP contribution in [0.4, 0.5) is 0 Å². The second-order valence-corrected chi connectivity index (χ2v) is 6.12. The van der Waals surface area contributed by atoms with Crippen molar-refractivity contribution in [3.63, 3.8) is 0 Å². The van der Waals surface area contributed by atoms with Gasteiger partial charge in [-0.25, -0.2) is 0 Å². The zero-order valence-corrected chi connectivity index (χ0v) is 12.8. The van der Waals surface area contributed by atoms with E-state index in [0.717, 1.165) is 17.7 Å². The van der Waals surface area contributed by atoms with Crippen LogP contribution in [0.5, 0.6) is 5.75 Å². The topological polar surface area (TPSA) is 72.5 Å². The van der Waals surface area contributed by atoms with Crippen LogP contribution in [-0.2, 0) is 17.6 Å². The van der Waals surface area contributed by atoms with Crippen LogP contribution in [0.15, 0.2) is 48.5 Å². The lowest BCUT2D eigenvalue weighted by Crippen LogP contribution is -2.17.